The topological polar surface area (TPSA) is 90.3 Å². The van der Waals surface area contributed by atoms with Crippen molar-refractivity contribution in [2.75, 3.05) is 33.4 Å². The maximum Gasteiger partial charge on any atom is 0.326 e. The number of carbonyl (C=O) groups excluding carboxylic acids is 1. The molecule has 2 rings (SSSR count). The number of ether oxygens (including phenoxy) is 1. The van der Waals surface area contributed by atoms with Crippen molar-refractivity contribution in [3.8, 4) is 0 Å². The lowest BCUT2D eigenvalue weighted by Crippen LogP contribution is -2.53. The van der Waals surface area contributed by atoms with E-state index in [0.29, 0.717) is 39.0 Å². The summed E-state index contributed by atoms with van der Waals surface area (Å²) in [6.07, 6.45) is 1.67. The van der Waals surface area contributed by atoms with Crippen molar-refractivity contribution >= 4 is 12.0 Å². The quantitative estimate of drug-likeness (QED) is 0.786. The summed E-state index contributed by atoms with van der Waals surface area (Å²) in [4.78, 5) is 26.6. The standard InChI is InChI=1S/C14H24N2O5/c1-10-3-6-16(11(10)12(17)18)13(19)15(2)9-14(20)4-7-21-8-5-14/h10-11,20H,3-9H2,1-2H3,(H,17,18). The van der Waals surface area contributed by atoms with Crippen molar-refractivity contribution in [3.63, 3.8) is 0 Å². The zero-order valence-corrected chi connectivity index (χ0v) is 12.6. The maximum atomic E-state index is 12.5. The fourth-order valence-electron chi connectivity index (χ4n) is 3.18. The number of hydrogen-bond acceptors (Lipinski definition) is 4. The van der Waals surface area contributed by atoms with Gasteiger partial charge in [0.1, 0.15) is 6.04 Å². The van der Waals surface area contributed by atoms with Gasteiger partial charge >= 0.3 is 12.0 Å². The first-order valence-corrected chi connectivity index (χ1v) is 7.39. The van der Waals surface area contributed by atoms with Crippen molar-refractivity contribution in [1.29, 1.82) is 0 Å². The summed E-state index contributed by atoms with van der Waals surface area (Å²) in [5, 5.41) is 19.7. The van der Waals surface area contributed by atoms with Gasteiger partial charge in [0, 0.05) is 39.6 Å². The second-order valence-corrected chi connectivity index (χ2v) is 6.22. The SMILES string of the molecule is CC1CCN(C(=O)N(C)CC2(O)CCOCC2)C1C(=O)O. The van der Waals surface area contributed by atoms with E-state index >= 15 is 0 Å². The van der Waals surface area contributed by atoms with Gasteiger partial charge in [0.2, 0.25) is 0 Å². The van der Waals surface area contributed by atoms with Crippen molar-refractivity contribution in [2.45, 2.75) is 37.8 Å². The summed E-state index contributed by atoms with van der Waals surface area (Å²) in [7, 11) is 1.61. The summed E-state index contributed by atoms with van der Waals surface area (Å²) in [6.45, 7) is 3.46. The normalized spacial score (nSPS) is 28.4. The van der Waals surface area contributed by atoms with Crippen LogP contribution in [-0.2, 0) is 9.53 Å². The van der Waals surface area contributed by atoms with Gasteiger partial charge in [-0.05, 0) is 12.3 Å². The molecule has 7 nitrogen and oxygen atoms in total. The molecule has 0 bridgehead atoms. The van der Waals surface area contributed by atoms with Gasteiger partial charge in [0.05, 0.1) is 12.1 Å². The lowest BCUT2D eigenvalue weighted by atomic mass is 9.94. The van der Waals surface area contributed by atoms with Crippen molar-refractivity contribution < 1.29 is 24.5 Å². The molecule has 0 aromatic heterocycles. The second-order valence-electron chi connectivity index (χ2n) is 6.22. The predicted octanol–water partition coefficient (Wildman–Crippen LogP) is 0.375. The first kappa shape index (κ1) is 16.0. The first-order valence-electron chi connectivity index (χ1n) is 7.39. The lowest BCUT2D eigenvalue weighted by molar-refractivity contribution is -0.142. The van der Waals surface area contributed by atoms with E-state index in [9.17, 15) is 19.8 Å². The molecule has 0 spiro atoms. The number of amides is 2. The zero-order chi connectivity index (χ0) is 15.6. The van der Waals surface area contributed by atoms with E-state index in [-0.39, 0.29) is 18.5 Å². The zero-order valence-electron chi connectivity index (χ0n) is 12.6. The average molecular weight is 300 g/mol. The molecule has 2 N–H and O–H groups in total. The number of urea groups is 1. The minimum atomic E-state index is -0.966. The minimum absolute atomic E-state index is 0.0500. The number of likely N-dealkylation sites (tertiary alicyclic amines) is 1. The Labute approximate surface area is 124 Å². The number of rotatable bonds is 3. The van der Waals surface area contributed by atoms with Crippen LogP contribution in [0.4, 0.5) is 4.79 Å². The molecule has 2 aliphatic rings. The molecule has 2 fully saturated rings. The molecule has 0 saturated carbocycles. The molecule has 2 heterocycles. The second kappa shape index (κ2) is 6.19. The van der Waals surface area contributed by atoms with Crippen LogP contribution in [0.15, 0.2) is 0 Å². The van der Waals surface area contributed by atoms with Crippen LogP contribution >= 0.6 is 0 Å². The number of nitrogens with zero attached hydrogens (tertiary/aromatic N) is 2. The van der Waals surface area contributed by atoms with Crippen LogP contribution in [0.3, 0.4) is 0 Å². The van der Waals surface area contributed by atoms with Gasteiger partial charge < -0.3 is 24.7 Å². The summed E-state index contributed by atoms with van der Waals surface area (Å²) >= 11 is 0. The van der Waals surface area contributed by atoms with Crippen LogP contribution in [0, 0.1) is 5.92 Å². The van der Waals surface area contributed by atoms with Crippen LogP contribution < -0.4 is 0 Å². The number of hydrogen-bond donors (Lipinski definition) is 2. The smallest absolute Gasteiger partial charge is 0.326 e. The Balaban J connectivity index is 2.00. The summed E-state index contributed by atoms with van der Waals surface area (Å²) in [5.74, 6) is -1.02. The van der Waals surface area contributed by atoms with E-state index in [1.165, 1.54) is 9.80 Å². The van der Waals surface area contributed by atoms with E-state index in [1.54, 1.807) is 7.05 Å². The molecule has 2 saturated heterocycles. The Morgan fingerprint density at radius 2 is 2.00 bits per heavy atom. The molecule has 21 heavy (non-hydrogen) atoms. The number of aliphatic carboxylic acids is 1. The van der Waals surface area contributed by atoms with Crippen LogP contribution in [0.2, 0.25) is 0 Å². The van der Waals surface area contributed by atoms with E-state index in [0.717, 1.165) is 0 Å². The van der Waals surface area contributed by atoms with Crippen LogP contribution in [0.5, 0.6) is 0 Å². The number of likely N-dealkylation sites (N-methyl/N-ethyl adjacent to an activating group) is 1. The monoisotopic (exact) mass is 300 g/mol. The van der Waals surface area contributed by atoms with E-state index in [1.807, 2.05) is 6.92 Å². The molecule has 120 valence electrons. The van der Waals surface area contributed by atoms with Crippen molar-refractivity contribution in [3.05, 3.63) is 0 Å². The Kier molecular flexibility index (Phi) is 4.73. The highest BCUT2D eigenvalue weighted by Gasteiger charge is 2.42. The fraction of sp³-hybridized carbons (Fsp3) is 0.857. The molecule has 2 aliphatic heterocycles. The summed E-state index contributed by atoms with van der Waals surface area (Å²) in [6, 6.07) is -1.10. The lowest BCUT2D eigenvalue weighted by Gasteiger charge is -2.37. The number of aliphatic hydroxyl groups is 1. The molecule has 2 atom stereocenters. The van der Waals surface area contributed by atoms with Gasteiger partial charge in [0.25, 0.3) is 0 Å². The van der Waals surface area contributed by atoms with E-state index in [2.05, 4.69) is 0 Å². The summed E-state index contributed by atoms with van der Waals surface area (Å²) < 4.78 is 5.22. The highest BCUT2D eigenvalue weighted by Crippen LogP contribution is 2.27. The molecule has 2 unspecified atom stereocenters. The van der Waals surface area contributed by atoms with Crippen LogP contribution in [0.1, 0.15) is 26.2 Å². The molecular formula is C14H24N2O5. The molecule has 0 aromatic carbocycles. The van der Waals surface area contributed by atoms with Gasteiger partial charge in [-0.2, -0.15) is 0 Å². The largest absolute Gasteiger partial charge is 0.480 e. The molecule has 2 amide bonds. The number of carboxylic acid groups (broad SMARTS) is 1. The predicted molar refractivity (Wildman–Crippen MR) is 74.9 cm³/mol. The number of carbonyl (C=O) groups is 2. The Bertz CT molecular complexity index is 408. The molecule has 0 radical (unpaired) electrons. The van der Waals surface area contributed by atoms with Crippen LogP contribution in [-0.4, -0.2) is 77.0 Å². The molecular weight excluding hydrogens is 276 g/mol. The van der Waals surface area contributed by atoms with Gasteiger partial charge in [-0.1, -0.05) is 6.92 Å². The van der Waals surface area contributed by atoms with Gasteiger partial charge in [-0.25, -0.2) is 9.59 Å². The van der Waals surface area contributed by atoms with Gasteiger partial charge in [0.15, 0.2) is 0 Å². The minimum Gasteiger partial charge on any atom is -0.480 e. The third-order valence-corrected chi connectivity index (χ3v) is 4.48. The summed E-state index contributed by atoms with van der Waals surface area (Å²) in [5.41, 5.74) is -0.938. The molecule has 7 heteroatoms. The third kappa shape index (κ3) is 3.47. The molecule has 0 aromatic rings. The fourth-order valence-corrected chi connectivity index (χ4v) is 3.18. The van der Waals surface area contributed by atoms with Gasteiger partial charge in [-0.15, -0.1) is 0 Å². The highest BCUT2D eigenvalue weighted by molar-refractivity contribution is 5.83. The van der Waals surface area contributed by atoms with Crippen molar-refractivity contribution in [1.82, 2.24) is 9.80 Å². The van der Waals surface area contributed by atoms with E-state index in [4.69, 9.17) is 4.74 Å². The van der Waals surface area contributed by atoms with Crippen LogP contribution in [0.25, 0.3) is 0 Å². The Morgan fingerprint density at radius 3 is 2.57 bits per heavy atom. The average Bonchev–Trinajstić information content (AvgIpc) is 2.80. The maximum absolute atomic E-state index is 12.5. The first-order chi connectivity index (χ1) is 9.84. The Morgan fingerprint density at radius 1 is 1.38 bits per heavy atom. The van der Waals surface area contributed by atoms with Crippen molar-refractivity contribution in [2.24, 2.45) is 5.92 Å². The van der Waals surface area contributed by atoms with Gasteiger partial charge in [-0.3, -0.25) is 0 Å². The Hall–Kier alpha value is -1.34. The van der Waals surface area contributed by atoms with E-state index < -0.39 is 17.6 Å². The third-order valence-electron chi connectivity index (χ3n) is 4.48. The number of carboxylic acids is 1. The highest BCUT2D eigenvalue weighted by atomic mass is 16.5. The molecule has 0 aliphatic carbocycles.